The van der Waals surface area contributed by atoms with E-state index in [1.54, 1.807) is 14.2 Å². The van der Waals surface area contributed by atoms with Gasteiger partial charge in [0.1, 0.15) is 17.5 Å². The molecule has 2 aromatic carbocycles. The van der Waals surface area contributed by atoms with Crippen LogP contribution >= 0.6 is 0 Å². The molecule has 0 saturated carbocycles. The third-order valence-corrected chi connectivity index (χ3v) is 5.62. The minimum absolute atomic E-state index is 0.216. The van der Waals surface area contributed by atoms with Crippen LogP contribution in [0.3, 0.4) is 0 Å². The lowest BCUT2D eigenvalue weighted by Crippen LogP contribution is -2.47. The van der Waals surface area contributed by atoms with Crippen molar-refractivity contribution in [3.05, 3.63) is 58.7 Å². The topological polar surface area (TPSA) is 59.0 Å². The molecule has 1 N–H and O–H groups in total. The van der Waals surface area contributed by atoms with Gasteiger partial charge >= 0.3 is 5.97 Å². The lowest BCUT2D eigenvalue weighted by atomic mass is 9.88. The Balaban J connectivity index is 2.23. The Morgan fingerprint density at radius 1 is 1.07 bits per heavy atom. The maximum Gasteiger partial charge on any atom is 0.320 e. The van der Waals surface area contributed by atoms with Crippen molar-refractivity contribution >= 4 is 5.97 Å². The number of piperidine rings is 1. The van der Waals surface area contributed by atoms with Gasteiger partial charge in [-0.05, 0) is 62.6 Å². The predicted octanol–water partition coefficient (Wildman–Crippen LogP) is 4.35. The number of likely N-dealkylation sites (tertiary alicyclic amines) is 1. The predicted molar refractivity (Wildman–Crippen MR) is 109 cm³/mol. The van der Waals surface area contributed by atoms with Gasteiger partial charge < -0.3 is 14.6 Å². The van der Waals surface area contributed by atoms with Crippen LogP contribution in [0.2, 0.25) is 0 Å². The third-order valence-electron chi connectivity index (χ3n) is 5.62. The van der Waals surface area contributed by atoms with Crippen LogP contribution in [0.25, 0.3) is 0 Å². The first kappa shape index (κ1) is 20.2. The average Bonchev–Trinajstić information content (AvgIpc) is 2.71. The smallest absolute Gasteiger partial charge is 0.320 e. The summed E-state index contributed by atoms with van der Waals surface area (Å²) in [6.45, 7) is 4.87. The molecule has 0 spiro atoms. The Kier molecular flexibility index (Phi) is 6.25. The summed E-state index contributed by atoms with van der Waals surface area (Å²) < 4.78 is 11.1. The van der Waals surface area contributed by atoms with Crippen LogP contribution in [-0.4, -0.2) is 42.8 Å². The first-order chi connectivity index (χ1) is 13.5. The summed E-state index contributed by atoms with van der Waals surface area (Å²) in [6.07, 6.45) is 2.57. The van der Waals surface area contributed by atoms with Crippen LogP contribution in [0, 0.1) is 13.8 Å². The van der Waals surface area contributed by atoms with Gasteiger partial charge in [0, 0.05) is 5.56 Å². The summed E-state index contributed by atoms with van der Waals surface area (Å²) in [6, 6.07) is 11.3. The third kappa shape index (κ3) is 3.99. The van der Waals surface area contributed by atoms with Crippen molar-refractivity contribution in [3.63, 3.8) is 0 Å². The molecule has 0 amide bonds. The summed E-state index contributed by atoms with van der Waals surface area (Å²) in [5, 5.41) is 9.90. The fourth-order valence-corrected chi connectivity index (χ4v) is 4.16. The lowest BCUT2D eigenvalue weighted by molar-refractivity contribution is -0.145. The van der Waals surface area contributed by atoms with Crippen LogP contribution in [0.4, 0.5) is 0 Å². The van der Waals surface area contributed by atoms with E-state index in [1.807, 2.05) is 18.2 Å². The van der Waals surface area contributed by atoms with Crippen molar-refractivity contribution in [1.82, 2.24) is 4.90 Å². The van der Waals surface area contributed by atoms with Crippen molar-refractivity contribution in [2.24, 2.45) is 0 Å². The van der Waals surface area contributed by atoms with Crippen LogP contribution in [0.1, 0.15) is 47.6 Å². The van der Waals surface area contributed by atoms with E-state index < -0.39 is 12.0 Å². The fourth-order valence-electron chi connectivity index (χ4n) is 4.16. The zero-order valence-electron chi connectivity index (χ0n) is 17.1. The number of carbonyl (C=O) groups is 1. The highest BCUT2D eigenvalue weighted by Crippen LogP contribution is 2.41. The summed E-state index contributed by atoms with van der Waals surface area (Å²) in [4.78, 5) is 14.2. The van der Waals surface area contributed by atoms with Crippen molar-refractivity contribution in [2.45, 2.75) is 45.2 Å². The van der Waals surface area contributed by atoms with Crippen LogP contribution in [-0.2, 0) is 4.79 Å². The zero-order valence-corrected chi connectivity index (χ0v) is 17.1. The Morgan fingerprint density at radius 3 is 2.54 bits per heavy atom. The van der Waals surface area contributed by atoms with Crippen LogP contribution in [0.5, 0.6) is 11.5 Å². The van der Waals surface area contributed by atoms with E-state index in [4.69, 9.17) is 9.47 Å². The molecule has 2 aromatic rings. The second-order valence-electron chi connectivity index (χ2n) is 7.46. The first-order valence-corrected chi connectivity index (χ1v) is 9.74. The van der Waals surface area contributed by atoms with Crippen molar-refractivity contribution in [3.8, 4) is 11.5 Å². The molecule has 1 fully saturated rings. The molecule has 150 valence electrons. The number of hydrogen-bond donors (Lipinski definition) is 1. The van der Waals surface area contributed by atoms with Gasteiger partial charge in [-0.3, -0.25) is 9.69 Å². The molecule has 2 atom stereocenters. The maximum atomic E-state index is 12.1. The van der Waals surface area contributed by atoms with Crippen molar-refractivity contribution in [2.75, 3.05) is 20.8 Å². The molecule has 28 heavy (non-hydrogen) atoms. The fraction of sp³-hybridized carbons (Fsp3) is 0.435. The highest BCUT2D eigenvalue weighted by atomic mass is 16.5. The van der Waals surface area contributed by atoms with Gasteiger partial charge in [-0.2, -0.15) is 0 Å². The van der Waals surface area contributed by atoms with Crippen molar-refractivity contribution in [1.29, 1.82) is 0 Å². The molecule has 0 aliphatic carbocycles. The van der Waals surface area contributed by atoms with Gasteiger partial charge in [0.2, 0.25) is 0 Å². The monoisotopic (exact) mass is 383 g/mol. The Labute approximate surface area is 166 Å². The standard InChI is InChI=1S/C23H29NO4/c1-15-8-9-16(2)18(13-15)22(24-12-6-5-7-20(24)23(25)26)19-14-17(27-3)10-11-21(19)28-4/h8-11,13-14,20,22H,5-7,12H2,1-4H3,(H,25,26). The molecular formula is C23H29NO4. The molecule has 0 aromatic heterocycles. The van der Waals surface area contributed by atoms with Gasteiger partial charge in [0.05, 0.1) is 20.3 Å². The number of hydrogen-bond acceptors (Lipinski definition) is 4. The van der Waals surface area contributed by atoms with Gasteiger partial charge in [-0.25, -0.2) is 0 Å². The number of benzene rings is 2. The SMILES string of the molecule is COc1ccc(OC)c(C(c2cc(C)ccc2C)N2CCCCC2C(=O)O)c1. The normalized spacial score (nSPS) is 18.5. The second kappa shape index (κ2) is 8.65. The molecule has 0 radical (unpaired) electrons. The van der Waals surface area contributed by atoms with Gasteiger partial charge in [0.25, 0.3) is 0 Å². The number of rotatable bonds is 6. The lowest BCUT2D eigenvalue weighted by Gasteiger charge is -2.40. The molecule has 5 heteroatoms. The number of aryl methyl sites for hydroxylation is 2. The van der Waals surface area contributed by atoms with Gasteiger partial charge in [-0.15, -0.1) is 0 Å². The van der Waals surface area contributed by atoms with E-state index in [9.17, 15) is 9.90 Å². The maximum absolute atomic E-state index is 12.1. The average molecular weight is 383 g/mol. The zero-order chi connectivity index (χ0) is 20.3. The molecule has 1 aliphatic rings. The molecular weight excluding hydrogens is 354 g/mol. The summed E-state index contributed by atoms with van der Waals surface area (Å²) in [5.74, 6) is 0.702. The second-order valence-corrected chi connectivity index (χ2v) is 7.46. The summed E-state index contributed by atoms with van der Waals surface area (Å²) >= 11 is 0. The van der Waals surface area contributed by atoms with E-state index in [-0.39, 0.29) is 6.04 Å². The minimum atomic E-state index is -0.767. The van der Waals surface area contributed by atoms with E-state index in [1.165, 1.54) is 0 Å². The molecule has 1 saturated heterocycles. The summed E-state index contributed by atoms with van der Waals surface area (Å²) in [7, 11) is 3.29. The van der Waals surface area contributed by atoms with E-state index in [0.717, 1.165) is 53.1 Å². The number of ether oxygens (including phenoxy) is 2. The number of aliphatic carboxylic acids is 1. The Morgan fingerprint density at radius 2 is 1.86 bits per heavy atom. The molecule has 1 heterocycles. The Bertz CT molecular complexity index is 848. The van der Waals surface area contributed by atoms with Crippen LogP contribution in [0.15, 0.2) is 36.4 Å². The number of methoxy groups -OCH3 is 2. The minimum Gasteiger partial charge on any atom is -0.497 e. The first-order valence-electron chi connectivity index (χ1n) is 9.74. The molecule has 2 unspecified atom stereocenters. The van der Waals surface area contributed by atoms with E-state index in [2.05, 4.69) is 36.9 Å². The van der Waals surface area contributed by atoms with Crippen molar-refractivity contribution < 1.29 is 19.4 Å². The highest BCUT2D eigenvalue weighted by Gasteiger charge is 2.37. The molecule has 1 aliphatic heterocycles. The number of carboxylic acid groups (broad SMARTS) is 1. The van der Waals surface area contributed by atoms with E-state index >= 15 is 0 Å². The van der Waals surface area contributed by atoms with Gasteiger partial charge in [0.15, 0.2) is 0 Å². The molecule has 0 bridgehead atoms. The van der Waals surface area contributed by atoms with Gasteiger partial charge in [-0.1, -0.05) is 30.2 Å². The largest absolute Gasteiger partial charge is 0.497 e. The highest BCUT2D eigenvalue weighted by molar-refractivity contribution is 5.74. The van der Waals surface area contributed by atoms with Crippen LogP contribution < -0.4 is 9.47 Å². The quantitative estimate of drug-likeness (QED) is 0.804. The molecule has 3 rings (SSSR count). The van der Waals surface area contributed by atoms with E-state index in [0.29, 0.717) is 6.42 Å². The number of nitrogens with zero attached hydrogens (tertiary/aromatic N) is 1. The summed E-state index contributed by atoms with van der Waals surface area (Å²) in [5.41, 5.74) is 4.33. The molecule has 5 nitrogen and oxygen atoms in total. The Hall–Kier alpha value is -2.53. The number of carboxylic acids is 1.